The minimum Gasteiger partial charge on any atom is -0.337 e. The second-order valence-corrected chi connectivity index (χ2v) is 5.43. The first-order valence-corrected chi connectivity index (χ1v) is 7.54. The molecule has 7 nitrogen and oxygen atoms in total. The summed E-state index contributed by atoms with van der Waals surface area (Å²) in [4.78, 5) is 33.1. The normalized spacial score (nSPS) is 12.3. The molecular formula is C16H18N6O. The van der Waals surface area contributed by atoms with E-state index in [1.54, 1.807) is 24.5 Å². The topological polar surface area (TPSA) is 88.8 Å². The molecule has 0 unspecified atom stereocenters. The summed E-state index contributed by atoms with van der Waals surface area (Å²) in [6.07, 6.45) is 4.65. The third-order valence-corrected chi connectivity index (χ3v) is 3.45. The number of nitrogens with zero attached hydrogens (tertiary/aromatic N) is 5. The number of carbonyl (C=O) groups excluding carboxylic acids is 1. The van der Waals surface area contributed by atoms with Gasteiger partial charge in [-0.15, -0.1) is 0 Å². The molecule has 118 valence electrons. The van der Waals surface area contributed by atoms with E-state index in [1.807, 2.05) is 20.8 Å². The van der Waals surface area contributed by atoms with Crippen LogP contribution in [0.1, 0.15) is 42.9 Å². The van der Waals surface area contributed by atoms with Crippen molar-refractivity contribution in [2.24, 2.45) is 4.99 Å². The number of nitrogens with one attached hydrogen (secondary N) is 1. The minimum absolute atomic E-state index is 0.199. The average molecular weight is 310 g/mol. The first-order chi connectivity index (χ1) is 11.1. The van der Waals surface area contributed by atoms with E-state index < -0.39 is 0 Å². The highest BCUT2D eigenvalue weighted by Crippen LogP contribution is 2.15. The maximum atomic E-state index is 12.7. The van der Waals surface area contributed by atoms with E-state index >= 15 is 0 Å². The van der Waals surface area contributed by atoms with Crippen molar-refractivity contribution in [3.8, 4) is 0 Å². The monoisotopic (exact) mass is 310 g/mol. The van der Waals surface area contributed by atoms with Gasteiger partial charge in [-0.3, -0.25) is 14.8 Å². The Morgan fingerprint density at radius 3 is 2.74 bits per heavy atom. The molecule has 0 bridgehead atoms. The Morgan fingerprint density at radius 2 is 2.09 bits per heavy atom. The van der Waals surface area contributed by atoms with Gasteiger partial charge in [0, 0.05) is 30.4 Å². The fourth-order valence-corrected chi connectivity index (χ4v) is 2.27. The molecule has 3 rings (SSSR count). The van der Waals surface area contributed by atoms with Crippen molar-refractivity contribution in [2.45, 2.75) is 26.7 Å². The Kier molecular flexibility index (Phi) is 4.01. The van der Waals surface area contributed by atoms with E-state index in [0.717, 1.165) is 5.82 Å². The van der Waals surface area contributed by atoms with Crippen LogP contribution in [-0.4, -0.2) is 37.0 Å². The Labute approximate surface area is 133 Å². The first-order valence-electron chi connectivity index (χ1n) is 7.54. The van der Waals surface area contributed by atoms with Gasteiger partial charge in [-0.05, 0) is 19.1 Å². The largest absolute Gasteiger partial charge is 0.337 e. The van der Waals surface area contributed by atoms with Crippen molar-refractivity contribution in [3.05, 3.63) is 47.7 Å². The molecule has 0 aromatic carbocycles. The van der Waals surface area contributed by atoms with E-state index in [4.69, 9.17) is 0 Å². The van der Waals surface area contributed by atoms with Gasteiger partial charge in [0.25, 0.3) is 5.91 Å². The Hall–Kier alpha value is -2.83. The van der Waals surface area contributed by atoms with Gasteiger partial charge in [-0.25, -0.2) is 14.5 Å². The molecule has 0 saturated carbocycles. The maximum Gasteiger partial charge on any atom is 0.264 e. The van der Waals surface area contributed by atoms with Crippen LogP contribution in [0.5, 0.6) is 0 Å². The Bertz CT molecular complexity index is 907. The van der Waals surface area contributed by atoms with Crippen LogP contribution in [0, 0.1) is 0 Å². The number of rotatable bonds is 3. The summed E-state index contributed by atoms with van der Waals surface area (Å²) in [5.41, 5.74) is 2.32. The van der Waals surface area contributed by atoms with Crippen molar-refractivity contribution < 1.29 is 4.79 Å². The molecule has 0 saturated heterocycles. The molecule has 0 aliphatic rings. The highest BCUT2D eigenvalue weighted by molar-refractivity contribution is 5.99. The number of fused-ring (bicyclic) bond motifs is 1. The van der Waals surface area contributed by atoms with Gasteiger partial charge < -0.3 is 4.98 Å². The molecule has 3 heterocycles. The number of aromatic nitrogens is 5. The van der Waals surface area contributed by atoms with Crippen LogP contribution in [0.15, 0.2) is 35.8 Å². The van der Waals surface area contributed by atoms with E-state index in [9.17, 15) is 4.79 Å². The van der Waals surface area contributed by atoms with Gasteiger partial charge in [-0.1, -0.05) is 13.8 Å². The minimum atomic E-state index is -0.199. The average Bonchev–Trinajstić information content (AvgIpc) is 3.01. The molecule has 23 heavy (non-hydrogen) atoms. The van der Waals surface area contributed by atoms with E-state index in [1.165, 1.54) is 10.9 Å². The van der Waals surface area contributed by atoms with Gasteiger partial charge >= 0.3 is 0 Å². The lowest BCUT2D eigenvalue weighted by atomic mass is 10.2. The van der Waals surface area contributed by atoms with Crippen molar-refractivity contribution >= 4 is 17.1 Å². The van der Waals surface area contributed by atoms with Crippen LogP contribution in [0.4, 0.5) is 0 Å². The number of hydrogen-bond acceptors (Lipinski definition) is 5. The molecule has 1 N–H and O–H groups in total. The van der Waals surface area contributed by atoms with Crippen LogP contribution in [0.2, 0.25) is 0 Å². The zero-order valence-electron chi connectivity index (χ0n) is 13.3. The zero-order chi connectivity index (χ0) is 16.4. The number of aromatic amines is 1. The smallest absolute Gasteiger partial charge is 0.264 e. The van der Waals surface area contributed by atoms with E-state index in [-0.39, 0.29) is 11.8 Å². The molecule has 7 heteroatoms. The molecule has 0 aliphatic carbocycles. The third-order valence-electron chi connectivity index (χ3n) is 3.45. The summed E-state index contributed by atoms with van der Waals surface area (Å²) in [6.45, 7) is 6.63. The molecule has 0 atom stereocenters. The number of hydrogen-bond donors (Lipinski definition) is 1. The number of pyridine rings is 1. The van der Waals surface area contributed by atoms with Crippen LogP contribution in [-0.2, 0) is 0 Å². The van der Waals surface area contributed by atoms with Gasteiger partial charge in [0.05, 0.1) is 0 Å². The van der Waals surface area contributed by atoms with Crippen LogP contribution in [0.3, 0.4) is 0 Å². The van der Waals surface area contributed by atoms with Gasteiger partial charge in [0.2, 0.25) is 0 Å². The molecule has 3 aromatic rings. The Balaban J connectivity index is 2.24. The summed E-state index contributed by atoms with van der Waals surface area (Å²) in [5, 5.41) is 0. The van der Waals surface area contributed by atoms with Gasteiger partial charge in [0.1, 0.15) is 17.7 Å². The second-order valence-electron chi connectivity index (χ2n) is 5.43. The molecule has 0 amide bonds. The second kappa shape index (κ2) is 6.12. The zero-order valence-corrected chi connectivity index (χ0v) is 13.3. The predicted molar refractivity (Wildman–Crippen MR) is 86.0 cm³/mol. The number of H-pyrrole nitrogens is 1. The van der Waals surface area contributed by atoms with Crippen molar-refractivity contribution in [1.82, 2.24) is 24.5 Å². The fraction of sp³-hybridized carbons (Fsp3) is 0.312. The highest BCUT2D eigenvalue weighted by Gasteiger charge is 2.16. The lowest BCUT2D eigenvalue weighted by Gasteiger charge is -2.05. The molecule has 3 aromatic heterocycles. The number of imidazole rings is 1. The Morgan fingerprint density at radius 1 is 1.35 bits per heavy atom. The standard InChI is InChI=1S/C16H18N6O/c1-4-18-14-12-15(21-13(20-12)10(2)3)22(9-19-14)16(23)11-5-7-17-8-6-11/h5-10H,4H2,1-3H3,(H,20,21). The fourth-order valence-electron chi connectivity index (χ4n) is 2.27. The van der Waals surface area contributed by atoms with Gasteiger partial charge in [-0.2, -0.15) is 0 Å². The third kappa shape index (κ3) is 2.77. The summed E-state index contributed by atoms with van der Waals surface area (Å²) in [7, 11) is 0. The van der Waals surface area contributed by atoms with Crippen molar-refractivity contribution in [1.29, 1.82) is 0 Å². The molecule has 0 spiro atoms. The maximum absolute atomic E-state index is 12.7. The van der Waals surface area contributed by atoms with Crippen molar-refractivity contribution in [2.75, 3.05) is 6.54 Å². The first kappa shape index (κ1) is 15.1. The van der Waals surface area contributed by atoms with E-state index in [2.05, 4.69) is 24.9 Å². The molecule has 0 aliphatic heterocycles. The lowest BCUT2D eigenvalue weighted by Crippen LogP contribution is -2.20. The lowest BCUT2D eigenvalue weighted by molar-refractivity contribution is 0.0962. The summed E-state index contributed by atoms with van der Waals surface area (Å²) in [5.74, 6) is 0.813. The molecule has 0 radical (unpaired) electrons. The quantitative estimate of drug-likeness (QED) is 0.800. The molecular weight excluding hydrogens is 292 g/mol. The van der Waals surface area contributed by atoms with E-state index in [0.29, 0.717) is 28.8 Å². The molecule has 0 fully saturated rings. The summed E-state index contributed by atoms with van der Waals surface area (Å²) >= 11 is 0. The van der Waals surface area contributed by atoms with Crippen LogP contribution in [0.25, 0.3) is 11.2 Å². The summed E-state index contributed by atoms with van der Waals surface area (Å²) < 4.78 is 1.45. The van der Waals surface area contributed by atoms with Crippen LogP contribution >= 0.6 is 0 Å². The number of carbonyl (C=O) groups is 1. The predicted octanol–water partition coefficient (Wildman–Crippen LogP) is 1.89. The van der Waals surface area contributed by atoms with Crippen LogP contribution < -0.4 is 5.49 Å². The SMILES string of the molecule is CCN=c1ncn(C(=O)c2ccncc2)c2nc(C(C)C)[nH]c12. The van der Waals surface area contributed by atoms with Gasteiger partial charge in [0.15, 0.2) is 11.1 Å². The highest BCUT2D eigenvalue weighted by atomic mass is 16.2. The van der Waals surface area contributed by atoms with Crippen molar-refractivity contribution in [3.63, 3.8) is 0 Å². The summed E-state index contributed by atoms with van der Waals surface area (Å²) in [6, 6.07) is 3.34.